The van der Waals surface area contributed by atoms with E-state index in [0.29, 0.717) is 13.2 Å². The molecule has 0 aromatic heterocycles. The zero-order valence-corrected chi connectivity index (χ0v) is 23.6. The Balaban J connectivity index is 0. The molecule has 2 aliphatic heterocycles. The number of hydrogen-bond donors (Lipinski definition) is 0. The second-order valence-electron chi connectivity index (χ2n) is 6.58. The Kier molecular flexibility index (Phi) is 14.9. The fourth-order valence-corrected chi connectivity index (χ4v) is 3.37. The molecule has 4 nitrogen and oxygen atoms in total. The molecule has 8 heteroatoms. The number of fused-ring (bicyclic) bond motifs is 2. The van der Waals surface area contributed by atoms with Gasteiger partial charge in [-0.25, -0.2) is 0 Å². The van der Waals surface area contributed by atoms with E-state index in [1.165, 1.54) is 0 Å². The van der Waals surface area contributed by atoms with Gasteiger partial charge in [-0.2, -0.15) is 24.3 Å². The molecule has 0 atom stereocenters. The van der Waals surface area contributed by atoms with E-state index in [-0.39, 0.29) is 93.8 Å². The molecule has 0 amide bonds. The maximum atomic E-state index is 11.2. The van der Waals surface area contributed by atoms with Gasteiger partial charge >= 0.3 is 0 Å². The average molecular weight is 550 g/mol. The zero-order valence-electron chi connectivity index (χ0n) is 17.9. The van der Waals surface area contributed by atoms with E-state index in [0.717, 1.165) is 57.7 Å². The Hall–Kier alpha value is -0.282. The molecule has 0 N–H and O–H groups in total. The van der Waals surface area contributed by atoms with Crippen molar-refractivity contribution in [1.29, 1.82) is 0 Å². The van der Waals surface area contributed by atoms with Crippen molar-refractivity contribution in [2.75, 3.05) is 13.2 Å². The summed E-state index contributed by atoms with van der Waals surface area (Å²) in [5.41, 5.74) is 5.56. The van der Waals surface area contributed by atoms with Gasteiger partial charge in [-0.05, 0) is 26.7 Å². The maximum Gasteiger partial charge on any atom is 0.106 e. The Bertz CT molecular complexity index is 828. The first-order valence-electron chi connectivity index (χ1n) is 8.76. The molecule has 0 spiro atoms. The summed E-state index contributed by atoms with van der Waals surface area (Å²) in [6.07, 6.45) is 1.82. The number of rotatable bonds is 2. The summed E-state index contributed by atoms with van der Waals surface area (Å²) in [6.45, 7) is 8.42. The Morgan fingerprint density at radius 1 is 0.767 bits per heavy atom. The van der Waals surface area contributed by atoms with Crippen LogP contribution in [0.15, 0.2) is 12.1 Å². The molecule has 8 radical (unpaired) electrons. The molecule has 2 aromatic rings. The molecular weight excluding hydrogens is 528 g/mol. The van der Waals surface area contributed by atoms with E-state index in [1.54, 1.807) is 26.0 Å². The van der Waals surface area contributed by atoms with E-state index >= 15 is 0 Å². The second-order valence-corrected chi connectivity index (χ2v) is 6.58. The molecule has 0 aliphatic carbocycles. The van der Waals surface area contributed by atoms with Crippen LogP contribution in [-0.2, 0) is 78.3 Å². The summed E-state index contributed by atoms with van der Waals surface area (Å²) in [6, 6.07) is 9.73. The third-order valence-electron chi connectivity index (χ3n) is 4.77. The predicted molar refractivity (Wildman–Crippen MR) is 110 cm³/mol. The van der Waals surface area contributed by atoms with Crippen molar-refractivity contribution in [3.8, 4) is 11.5 Å². The predicted octanol–water partition coefficient (Wildman–Crippen LogP) is 3.10. The number of benzene rings is 2. The molecule has 30 heavy (non-hydrogen) atoms. The van der Waals surface area contributed by atoms with Crippen molar-refractivity contribution in [1.82, 2.24) is 0 Å². The molecule has 0 saturated carbocycles. The van der Waals surface area contributed by atoms with E-state index in [1.807, 2.05) is 13.8 Å². The minimum Gasteiger partial charge on any atom is -0.550 e. The van der Waals surface area contributed by atoms with Crippen LogP contribution >= 0.6 is 0 Å². The van der Waals surface area contributed by atoms with Crippen LogP contribution in [0.1, 0.15) is 56.8 Å². The van der Waals surface area contributed by atoms with Gasteiger partial charge < -0.3 is 19.1 Å². The minimum atomic E-state index is 0. The second kappa shape index (κ2) is 14.0. The summed E-state index contributed by atoms with van der Waals surface area (Å²) in [7, 11) is 0. The van der Waals surface area contributed by atoms with Gasteiger partial charge in [-0.1, -0.05) is 25.0 Å². The molecular formula is C22H22B2O4Y2-2. The minimum absolute atomic E-state index is 0. The molecule has 2 aliphatic rings. The molecule has 2 aromatic carbocycles. The van der Waals surface area contributed by atoms with Crippen LogP contribution in [0.25, 0.3) is 0 Å². The van der Waals surface area contributed by atoms with Crippen molar-refractivity contribution >= 4 is 28.4 Å². The van der Waals surface area contributed by atoms with Crippen LogP contribution in [0.4, 0.5) is 0 Å². The molecule has 0 bridgehead atoms. The summed E-state index contributed by atoms with van der Waals surface area (Å²) in [5, 5.41) is 0. The van der Waals surface area contributed by atoms with Gasteiger partial charge in [-0.3, -0.25) is 0 Å². The van der Waals surface area contributed by atoms with Crippen LogP contribution in [0.5, 0.6) is 11.5 Å². The molecule has 148 valence electrons. The van der Waals surface area contributed by atoms with E-state index < -0.39 is 0 Å². The Labute approximate surface area is 233 Å². The molecule has 0 saturated heterocycles. The smallest absolute Gasteiger partial charge is 0.106 e. The quantitative estimate of drug-likeness (QED) is 0.328. The van der Waals surface area contributed by atoms with Crippen LogP contribution in [0.2, 0.25) is 0 Å². The summed E-state index contributed by atoms with van der Waals surface area (Å²) in [4.78, 5) is 22.4. The van der Waals surface area contributed by atoms with Crippen molar-refractivity contribution in [2.24, 2.45) is 0 Å². The van der Waals surface area contributed by atoms with Gasteiger partial charge in [0.05, 0.1) is 13.2 Å². The number of ketones is 2. The average Bonchev–Trinajstić information content (AvgIpc) is 3.25. The standard InChI is InChI=1S/2C11H11O2.2B.2Y/c2*1-7-10(8(2)12)4-3-9-5-6-13-11(7)9;;;;/h2*4H,5-6H2,1-2H3;;;;/q2*-1;;;;. The Morgan fingerprint density at radius 3 is 1.40 bits per heavy atom. The molecule has 0 unspecified atom stereocenters. The van der Waals surface area contributed by atoms with Crippen molar-refractivity contribution in [3.05, 3.63) is 57.6 Å². The van der Waals surface area contributed by atoms with E-state index in [9.17, 15) is 9.59 Å². The van der Waals surface area contributed by atoms with Crippen LogP contribution in [-0.4, -0.2) is 41.6 Å². The van der Waals surface area contributed by atoms with Crippen molar-refractivity contribution < 1.29 is 84.5 Å². The van der Waals surface area contributed by atoms with Gasteiger partial charge in [0, 0.05) is 93.7 Å². The molecule has 4 rings (SSSR count). The first-order chi connectivity index (χ1) is 12.4. The Morgan fingerprint density at radius 2 is 1.10 bits per heavy atom. The summed E-state index contributed by atoms with van der Waals surface area (Å²) >= 11 is 0. The first kappa shape index (κ1) is 31.9. The van der Waals surface area contributed by atoms with E-state index in [4.69, 9.17) is 9.47 Å². The third-order valence-corrected chi connectivity index (χ3v) is 4.77. The third kappa shape index (κ3) is 6.86. The van der Waals surface area contributed by atoms with Gasteiger partial charge in [0.15, 0.2) is 0 Å². The van der Waals surface area contributed by atoms with Crippen molar-refractivity contribution in [2.45, 2.75) is 40.5 Å². The number of carbonyl (C=O) groups excluding carboxylic acids is 2. The van der Waals surface area contributed by atoms with Crippen LogP contribution in [0.3, 0.4) is 0 Å². The first-order valence-corrected chi connectivity index (χ1v) is 8.76. The van der Waals surface area contributed by atoms with Gasteiger partial charge in [0.25, 0.3) is 0 Å². The van der Waals surface area contributed by atoms with E-state index in [2.05, 4.69) is 12.1 Å². The van der Waals surface area contributed by atoms with Crippen LogP contribution in [0, 0.1) is 26.0 Å². The zero-order chi connectivity index (χ0) is 18.8. The number of carbonyl (C=O) groups is 2. The van der Waals surface area contributed by atoms with Gasteiger partial charge in [0.1, 0.15) is 11.6 Å². The maximum absolute atomic E-state index is 11.2. The molecule has 2 heterocycles. The van der Waals surface area contributed by atoms with Gasteiger partial charge in [0.2, 0.25) is 0 Å². The summed E-state index contributed by atoms with van der Waals surface area (Å²) in [5.74, 6) is 1.89. The fraction of sp³-hybridized carbons (Fsp3) is 0.364. The fourth-order valence-electron chi connectivity index (χ4n) is 3.37. The topological polar surface area (TPSA) is 52.6 Å². The van der Waals surface area contributed by atoms with Gasteiger partial charge in [-0.15, -0.1) is 22.3 Å². The van der Waals surface area contributed by atoms with Crippen LogP contribution < -0.4 is 9.47 Å². The largest absolute Gasteiger partial charge is 0.550 e. The molecule has 0 fully saturated rings. The number of ether oxygens (including phenoxy) is 2. The number of hydrogen-bond acceptors (Lipinski definition) is 4. The van der Waals surface area contributed by atoms with Crippen molar-refractivity contribution in [3.63, 3.8) is 0 Å². The number of Topliss-reactive ketones (excluding diaryl/α,β-unsaturated/α-hetero) is 2. The monoisotopic (exact) mass is 550 g/mol. The summed E-state index contributed by atoms with van der Waals surface area (Å²) < 4.78 is 10.9. The normalized spacial score (nSPS) is 11.9. The SMILES string of the molecule is CC(=O)c1c[c-]c2c(c1C)OCC2.CC(=O)c1c[c-]c2c(c1C)OCC2.[B].[B].[Y].[Y].